The van der Waals surface area contributed by atoms with Gasteiger partial charge in [0.15, 0.2) is 0 Å². The lowest BCUT2D eigenvalue weighted by Crippen LogP contribution is -2.37. The molecule has 0 N–H and O–H groups in total. The van der Waals surface area contributed by atoms with Crippen LogP contribution in [0, 0.1) is 0 Å². The fourth-order valence-electron chi connectivity index (χ4n) is 2.24. The first-order valence-corrected chi connectivity index (χ1v) is 7.68. The highest BCUT2D eigenvalue weighted by atomic mass is 79.9. The maximum absolute atomic E-state index is 5.44. The molecule has 1 aliphatic heterocycles. The normalized spacial score (nSPS) is 16.4. The van der Waals surface area contributed by atoms with Gasteiger partial charge in [0.25, 0.3) is 0 Å². The van der Waals surface area contributed by atoms with Crippen molar-refractivity contribution >= 4 is 21.6 Å². The number of ether oxygens (including phenoxy) is 1. The van der Waals surface area contributed by atoms with Crippen LogP contribution >= 0.6 is 15.9 Å². The van der Waals surface area contributed by atoms with E-state index in [2.05, 4.69) is 64.8 Å². The van der Waals surface area contributed by atoms with Crippen LogP contribution in [0.25, 0.3) is 0 Å². The third kappa shape index (κ3) is 3.94. The van der Waals surface area contributed by atoms with E-state index in [1.165, 1.54) is 11.3 Å². The van der Waals surface area contributed by atoms with Crippen LogP contribution in [-0.2, 0) is 11.3 Å². The fraction of sp³-hybridized carbons (Fsp3) is 0.600. The molecule has 1 heterocycles. The third-order valence-corrected chi connectivity index (χ3v) is 4.19. The molecule has 1 saturated heterocycles. The van der Waals surface area contributed by atoms with Crippen LogP contribution in [0.4, 0.5) is 5.69 Å². The van der Waals surface area contributed by atoms with Gasteiger partial charge in [0.2, 0.25) is 0 Å². The topological polar surface area (TPSA) is 15.7 Å². The van der Waals surface area contributed by atoms with E-state index >= 15 is 0 Å². The van der Waals surface area contributed by atoms with Gasteiger partial charge in [0, 0.05) is 35.8 Å². The van der Waals surface area contributed by atoms with Gasteiger partial charge in [-0.15, -0.1) is 0 Å². The lowest BCUT2D eigenvalue weighted by atomic mass is 10.1. The summed E-state index contributed by atoms with van der Waals surface area (Å²) in [5.41, 5.74) is 2.73. The van der Waals surface area contributed by atoms with Crippen LogP contribution in [0.5, 0.6) is 0 Å². The number of rotatable bonds is 4. The van der Waals surface area contributed by atoms with Crippen molar-refractivity contribution in [3.63, 3.8) is 0 Å². The van der Waals surface area contributed by atoms with Crippen LogP contribution in [0.15, 0.2) is 22.7 Å². The lowest BCUT2D eigenvalue weighted by molar-refractivity contribution is 0.122. The second-order valence-electron chi connectivity index (χ2n) is 5.38. The third-order valence-electron chi connectivity index (χ3n) is 3.69. The number of morpholine rings is 1. The second-order valence-corrected chi connectivity index (χ2v) is 6.30. The van der Waals surface area contributed by atoms with Gasteiger partial charge in [-0.3, -0.25) is 4.90 Å². The van der Waals surface area contributed by atoms with Crippen molar-refractivity contribution in [3.05, 3.63) is 28.2 Å². The van der Waals surface area contributed by atoms with E-state index in [0.29, 0.717) is 6.04 Å². The SMILES string of the molecule is CC(C)N(C)Cc1cc(Br)ccc1N1CCOCC1. The summed E-state index contributed by atoms with van der Waals surface area (Å²) < 4.78 is 6.59. The Labute approximate surface area is 124 Å². The van der Waals surface area contributed by atoms with Crippen molar-refractivity contribution in [3.8, 4) is 0 Å². The monoisotopic (exact) mass is 326 g/mol. The van der Waals surface area contributed by atoms with E-state index in [9.17, 15) is 0 Å². The highest BCUT2D eigenvalue weighted by molar-refractivity contribution is 9.10. The highest BCUT2D eigenvalue weighted by Gasteiger charge is 2.16. The Morgan fingerprint density at radius 2 is 2.00 bits per heavy atom. The summed E-state index contributed by atoms with van der Waals surface area (Å²) in [4.78, 5) is 4.80. The molecule has 19 heavy (non-hydrogen) atoms. The Kier molecular flexibility index (Phi) is 5.25. The molecular formula is C15H23BrN2O. The Bertz CT molecular complexity index is 417. The molecule has 1 fully saturated rings. The van der Waals surface area contributed by atoms with Gasteiger partial charge < -0.3 is 9.64 Å². The van der Waals surface area contributed by atoms with Crippen LogP contribution < -0.4 is 4.90 Å². The first-order valence-electron chi connectivity index (χ1n) is 6.89. The molecule has 0 saturated carbocycles. The standard InChI is InChI=1S/C15H23BrN2O/c1-12(2)17(3)11-13-10-14(16)4-5-15(13)18-6-8-19-9-7-18/h4-5,10,12H,6-9,11H2,1-3H3. The molecular weight excluding hydrogens is 304 g/mol. The maximum Gasteiger partial charge on any atom is 0.0642 e. The molecule has 1 aliphatic rings. The van der Waals surface area contributed by atoms with E-state index in [1.807, 2.05) is 0 Å². The summed E-state index contributed by atoms with van der Waals surface area (Å²) in [5.74, 6) is 0. The van der Waals surface area contributed by atoms with Crippen molar-refractivity contribution in [1.82, 2.24) is 4.90 Å². The van der Waals surface area contributed by atoms with Crippen molar-refractivity contribution in [2.45, 2.75) is 26.4 Å². The number of hydrogen-bond acceptors (Lipinski definition) is 3. The van der Waals surface area contributed by atoms with Gasteiger partial charge in [-0.25, -0.2) is 0 Å². The van der Waals surface area contributed by atoms with E-state index in [4.69, 9.17) is 4.74 Å². The summed E-state index contributed by atoms with van der Waals surface area (Å²) in [7, 11) is 2.18. The van der Waals surface area contributed by atoms with Gasteiger partial charge in [0.1, 0.15) is 0 Å². The average Bonchev–Trinajstić information content (AvgIpc) is 2.39. The Morgan fingerprint density at radius 3 is 2.63 bits per heavy atom. The van der Waals surface area contributed by atoms with Crippen LogP contribution in [0.2, 0.25) is 0 Å². The first-order chi connectivity index (χ1) is 9.08. The summed E-state index contributed by atoms with van der Waals surface area (Å²) in [6.07, 6.45) is 0. The van der Waals surface area contributed by atoms with Crippen LogP contribution in [0.3, 0.4) is 0 Å². The molecule has 0 amide bonds. The van der Waals surface area contributed by atoms with Crippen molar-refractivity contribution in [1.29, 1.82) is 0 Å². The van der Waals surface area contributed by atoms with Gasteiger partial charge in [-0.2, -0.15) is 0 Å². The molecule has 106 valence electrons. The smallest absolute Gasteiger partial charge is 0.0642 e. The molecule has 2 rings (SSSR count). The van der Waals surface area contributed by atoms with Gasteiger partial charge in [-0.05, 0) is 44.7 Å². The molecule has 0 aromatic heterocycles. The Balaban J connectivity index is 2.21. The average molecular weight is 327 g/mol. The number of nitrogens with zero attached hydrogens (tertiary/aromatic N) is 2. The Morgan fingerprint density at radius 1 is 1.32 bits per heavy atom. The number of halogens is 1. The molecule has 0 aliphatic carbocycles. The lowest BCUT2D eigenvalue weighted by Gasteiger charge is -2.32. The largest absolute Gasteiger partial charge is 0.378 e. The predicted octanol–water partition coefficient (Wildman–Crippen LogP) is 3.13. The summed E-state index contributed by atoms with van der Waals surface area (Å²) >= 11 is 3.59. The predicted molar refractivity (Wildman–Crippen MR) is 83.8 cm³/mol. The number of benzene rings is 1. The minimum Gasteiger partial charge on any atom is -0.378 e. The maximum atomic E-state index is 5.44. The zero-order valence-electron chi connectivity index (χ0n) is 12.0. The van der Waals surface area contributed by atoms with Crippen molar-refractivity contribution in [2.24, 2.45) is 0 Å². The highest BCUT2D eigenvalue weighted by Crippen LogP contribution is 2.26. The van der Waals surface area contributed by atoms with Crippen LogP contribution in [-0.4, -0.2) is 44.3 Å². The quantitative estimate of drug-likeness (QED) is 0.845. The van der Waals surface area contributed by atoms with E-state index < -0.39 is 0 Å². The molecule has 0 radical (unpaired) electrons. The number of anilines is 1. The van der Waals surface area contributed by atoms with Gasteiger partial charge >= 0.3 is 0 Å². The minimum absolute atomic E-state index is 0.552. The molecule has 3 nitrogen and oxygen atoms in total. The van der Waals surface area contributed by atoms with E-state index in [1.54, 1.807) is 0 Å². The molecule has 0 bridgehead atoms. The molecule has 0 unspecified atom stereocenters. The molecule has 0 atom stereocenters. The van der Waals surface area contributed by atoms with E-state index in [0.717, 1.165) is 37.3 Å². The molecule has 4 heteroatoms. The van der Waals surface area contributed by atoms with Crippen LogP contribution in [0.1, 0.15) is 19.4 Å². The molecule has 0 spiro atoms. The minimum atomic E-state index is 0.552. The van der Waals surface area contributed by atoms with Crippen molar-refractivity contribution < 1.29 is 4.74 Å². The zero-order chi connectivity index (χ0) is 13.8. The summed E-state index contributed by atoms with van der Waals surface area (Å²) in [5, 5.41) is 0. The zero-order valence-corrected chi connectivity index (χ0v) is 13.6. The van der Waals surface area contributed by atoms with Crippen molar-refractivity contribution in [2.75, 3.05) is 38.3 Å². The second kappa shape index (κ2) is 6.73. The van der Waals surface area contributed by atoms with Gasteiger partial charge in [0.05, 0.1) is 13.2 Å². The molecule has 1 aromatic rings. The Hall–Kier alpha value is -0.580. The van der Waals surface area contributed by atoms with Gasteiger partial charge in [-0.1, -0.05) is 15.9 Å². The molecule has 1 aromatic carbocycles. The summed E-state index contributed by atoms with van der Waals surface area (Å²) in [6, 6.07) is 7.14. The summed E-state index contributed by atoms with van der Waals surface area (Å²) in [6.45, 7) is 9.06. The first kappa shape index (κ1) is 14.8. The van der Waals surface area contributed by atoms with E-state index in [-0.39, 0.29) is 0 Å². The fourth-order valence-corrected chi connectivity index (χ4v) is 2.65. The number of hydrogen-bond donors (Lipinski definition) is 0.